The van der Waals surface area contributed by atoms with Crippen molar-refractivity contribution in [3.05, 3.63) is 35.5 Å². The van der Waals surface area contributed by atoms with Crippen molar-refractivity contribution in [1.29, 1.82) is 0 Å². The first-order valence-corrected chi connectivity index (χ1v) is 9.46. The summed E-state index contributed by atoms with van der Waals surface area (Å²) in [5, 5.41) is 1.43. The van der Waals surface area contributed by atoms with Gasteiger partial charge in [0.2, 0.25) is 0 Å². The molecule has 2 aromatic rings. The van der Waals surface area contributed by atoms with E-state index >= 15 is 0 Å². The van der Waals surface area contributed by atoms with Crippen LogP contribution in [-0.2, 0) is 13.0 Å². The van der Waals surface area contributed by atoms with Gasteiger partial charge in [-0.15, -0.1) is 0 Å². The van der Waals surface area contributed by atoms with Crippen molar-refractivity contribution in [2.45, 2.75) is 66.0 Å². The summed E-state index contributed by atoms with van der Waals surface area (Å²) in [4.78, 5) is 6.34. The van der Waals surface area contributed by atoms with E-state index in [9.17, 15) is 0 Å². The lowest BCUT2D eigenvalue weighted by molar-refractivity contribution is 0.158. The highest BCUT2D eigenvalue weighted by molar-refractivity contribution is 5.84. The lowest BCUT2D eigenvalue weighted by Gasteiger charge is -2.35. The quantitative estimate of drug-likeness (QED) is 0.759. The Labute approximate surface area is 141 Å². The predicted octanol–water partition coefficient (Wildman–Crippen LogP) is 5.38. The Balaban J connectivity index is 1.71. The molecular formula is C21H32N2. The predicted molar refractivity (Wildman–Crippen MR) is 99.7 cm³/mol. The third kappa shape index (κ3) is 3.33. The molecule has 23 heavy (non-hydrogen) atoms. The van der Waals surface area contributed by atoms with Gasteiger partial charge in [-0.3, -0.25) is 4.90 Å². The number of benzene rings is 1. The van der Waals surface area contributed by atoms with E-state index in [2.05, 4.69) is 61.8 Å². The van der Waals surface area contributed by atoms with Gasteiger partial charge in [-0.05, 0) is 49.8 Å². The largest absolute Gasteiger partial charge is 0.357 e. The lowest BCUT2D eigenvalue weighted by atomic mass is 9.86. The van der Waals surface area contributed by atoms with Gasteiger partial charge in [0.1, 0.15) is 0 Å². The highest BCUT2D eigenvalue weighted by Crippen LogP contribution is 2.31. The van der Waals surface area contributed by atoms with Crippen LogP contribution in [0.5, 0.6) is 0 Å². The number of hydrogen-bond donors (Lipinski definition) is 1. The normalized spacial score (nSPS) is 21.3. The fraction of sp³-hybridized carbons (Fsp3) is 0.619. The monoisotopic (exact) mass is 312 g/mol. The number of aromatic amines is 1. The lowest BCUT2D eigenvalue weighted by Crippen LogP contribution is -2.39. The molecule has 1 aliphatic heterocycles. The summed E-state index contributed by atoms with van der Waals surface area (Å²) in [6.07, 6.45) is 5.14. The number of hydrogen-bond acceptors (Lipinski definition) is 1. The van der Waals surface area contributed by atoms with Gasteiger partial charge in [0.15, 0.2) is 0 Å². The van der Waals surface area contributed by atoms with Crippen LogP contribution in [0.3, 0.4) is 0 Å². The maximum Gasteiger partial charge on any atom is 0.0459 e. The molecule has 0 saturated heterocycles. The second kappa shape index (κ2) is 7.09. The molecule has 1 aliphatic rings. The molecular weight excluding hydrogens is 280 g/mol. The van der Waals surface area contributed by atoms with Crippen LogP contribution in [0.1, 0.15) is 58.2 Å². The Morgan fingerprint density at radius 1 is 1.22 bits per heavy atom. The van der Waals surface area contributed by atoms with E-state index in [-0.39, 0.29) is 0 Å². The van der Waals surface area contributed by atoms with Crippen molar-refractivity contribution in [2.75, 3.05) is 6.54 Å². The molecule has 1 aromatic heterocycles. The molecule has 0 aliphatic carbocycles. The van der Waals surface area contributed by atoms with E-state index in [4.69, 9.17) is 0 Å². The Morgan fingerprint density at radius 3 is 2.74 bits per heavy atom. The summed E-state index contributed by atoms with van der Waals surface area (Å²) in [5.41, 5.74) is 4.30. The van der Waals surface area contributed by atoms with Gasteiger partial charge < -0.3 is 4.98 Å². The summed E-state index contributed by atoms with van der Waals surface area (Å²) in [6.45, 7) is 11.8. The first-order valence-electron chi connectivity index (χ1n) is 9.46. The smallest absolute Gasteiger partial charge is 0.0459 e. The van der Waals surface area contributed by atoms with Crippen LogP contribution in [0.4, 0.5) is 0 Å². The van der Waals surface area contributed by atoms with E-state index < -0.39 is 0 Å². The number of rotatable bonds is 6. The van der Waals surface area contributed by atoms with Gasteiger partial charge >= 0.3 is 0 Å². The van der Waals surface area contributed by atoms with Crippen LogP contribution in [0.25, 0.3) is 10.9 Å². The first kappa shape index (κ1) is 16.6. The molecule has 126 valence electrons. The summed E-state index contributed by atoms with van der Waals surface area (Å²) >= 11 is 0. The Morgan fingerprint density at radius 2 is 2.00 bits per heavy atom. The van der Waals surface area contributed by atoms with Crippen molar-refractivity contribution in [1.82, 2.24) is 9.88 Å². The Bertz CT molecular complexity index is 642. The molecule has 0 spiro atoms. The topological polar surface area (TPSA) is 19.0 Å². The van der Waals surface area contributed by atoms with Crippen LogP contribution in [0.2, 0.25) is 0 Å². The highest BCUT2D eigenvalue weighted by Gasteiger charge is 2.26. The van der Waals surface area contributed by atoms with Crippen LogP contribution in [0.15, 0.2) is 24.3 Å². The molecule has 3 unspecified atom stereocenters. The number of fused-ring (bicyclic) bond motifs is 3. The molecule has 0 radical (unpaired) electrons. The molecule has 2 heterocycles. The first-order chi connectivity index (χ1) is 11.1. The number of nitrogens with zero attached hydrogens (tertiary/aromatic N) is 1. The summed E-state index contributed by atoms with van der Waals surface area (Å²) in [7, 11) is 0. The van der Waals surface area contributed by atoms with Gasteiger partial charge in [-0.25, -0.2) is 0 Å². The minimum atomic E-state index is 0.649. The minimum Gasteiger partial charge on any atom is -0.357 e. The number of aromatic nitrogens is 1. The second-order valence-corrected chi connectivity index (χ2v) is 7.49. The zero-order valence-electron chi connectivity index (χ0n) is 15.2. The molecule has 0 amide bonds. The van der Waals surface area contributed by atoms with Gasteiger partial charge in [-0.2, -0.15) is 0 Å². The van der Waals surface area contributed by atoms with E-state index in [1.807, 2.05) is 0 Å². The van der Waals surface area contributed by atoms with Crippen LogP contribution < -0.4 is 0 Å². The zero-order chi connectivity index (χ0) is 16.4. The summed E-state index contributed by atoms with van der Waals surface area (Å²) in [5.74, 6) is 1.72. The third-order valence-electron chi connectivity index (χ3n) is 6.15. The van der Waals surface area contributed by atoms with Crippen molar-refractivity contribution >= 4 is 10.9 Å². The number of H-pyrrole nitrogens is 1. The second-order valence-electron chi connectivity index (χ2n) is 7.49. The van der Waals surface area contributed by atoms with Crippen LogP contribution in [0, 0.1) is 11.8 Å². The molecule has 0 bridgehead atoms. The van der Waals surface area contributed by atoms with E-state index in [0.29, 0.717) is 6.04 Å². The Kier molecular flexibility index (Phi) is 5.11. The van der Waals surface area contributed by atoms with Crippen molar-refractivity contribution < 1.29 is 0 Å². The van der Waals surface area contributed by atoms with Crippen molar-refractivity contribution in [3.63, 3.8) is 0 Å². The molecule has 1 N–H and O–H groups in total. The van der Waals surface area contributed by atoms with Crippen LogP contribution >= 0.6 is 0 Å². The van der Waals surface area contributed by atoms with Gasteiger partial charge in [0.05, 0.1) is 0 Å². The van der Waals surface area contributed by atoms with Crippen molar-refractivity contribution in [3.8, 4) is 0 Å². The molecule has 3 atom stereocenters. The standard InChI is InChI=1S/C21H32N2/c1-5-15(3)17(6-2)11-12-23-14-21-19(13-16(23)4)18-9-7-8-10-20(18)22-21/h7-10,15-17,22H,5-6,11-14H2,1-4H3. The molecule has 0 fully saturated rings. The summed E-state index contributed by atoms with van der Waals surface area (Å²) in [6, 6.07) is 9.41. The fourth-order valence-electron chi connectivity index (χ4n) is 4.26. The minimum absolute atomic E-state index is 0.649. The summed E-state index contributed by atoms with van der Waals surface area (Å²) < 4.78 is 0. The number of para-hydroxylation sites is 1. The maximum absolute atomic E-state index is 3.66. The zero-order valence-corrected chi connectivity index (χ0v) is 15.2. The van der Waals surface area contributed by atoms with Crippen molar-refractivity contribution in [2.24, 2.45) is 11.8 Å². The Hall–Kier alpha value is -1.28. The SMILES string of the molecule is CCC(C)C(CC)CCN1Cc2[nH]c3ccccc3c2CC1C. The molecule has 2 heteroatoms. The maximum atomic E-state index is 3.66. The third-order valence-corrected chi connectivity index (χ3v) is 6.15. The van der Waals surface area contributed by atoms with Gasteiger partial charge in [-0.1, -0.05) is 51.8 Å². The average molecular weight is 313 g/mol. The highest BCUT2D eigenvalue weighted by atomic mass is 15.2. The number of nitrogens with one attached hydrogen (secondary N) is 1. The van der Waals surface area contributed by atoms with E-state index in [0.717, 1.165) is 18.4 Å². The van der Waals surface area contributed by atoms with Crippen LogP contribution in [-0.4, -0.2) is 22.5 Å². The molecule has 3 rings (SSSR count). The molecule has 1 aromatic carbocycles. The van der Waals surface area contributed by atoms with Gasteiger partial charge in [0.25, 0.3) is 0 Å². The molecule has 0 saturated carbocycles. The van der Waals surface area contributed by atoms with E-state index in [1.54, 1.807) is 5.56 Å². The average Bonchev–Trinajstić information content (AvgIpc) is 2.92. The molecule has 2 nitrogen and oxygen atoms in total. The fourth-order valence-corrected chi connectivity index (χ4v) is 4.26. The van der Waals surface area contributed by atoms with Gasteiger partial charge in [0, 0.05) is 29.2 Å². The van der Waals surface area contributed by atoms with E-state index in [1.165, 1.54) is 48.8 Å².